The largest absolute Gasteiger partial charge is 0.337 e. The first kappa shape index (κ1) is 14.6. The maximum atomic E-state index is 9.89. The summed E-state index contributed by atoms with van der Waals surface area (Å²) in [6.07, 6.45) is 1.81. The normalized spacial score (nSPS) is 16.2. The maximum absolute atomic E-state index is 9.89. The van der Waals surface area contributed by atoms with E-state index in [0.717, 1.165) is 28.2 Å². The summed E-state index contributed by atoms with van der Waals surface area (Å²) in [4.78, 5) is 0. The predicted octanol–water partition coefficient (Wildman–Crippen LogP) is 4.56. The molecule has 0 saturated carbocycles. The fourth-order valence-electron chi connectivity index (χ4n) is 3.09. The van der Waals surface area contributed by atoms with Gasteiger partial charge in [0, 0.05) is 16.8 Å². The quantitative estimate of drug-likeness (QED) is 0.723. The molecule has 1 atom stereocenters. The summed E-state index contributed by atoms with van der Waals surface area (Å²) in [6.45, 7) is 0. The zero-order chi connectivity index (χ0) is 16.5. The van der Waals surface area contributed by atoms with Crippen LogP contribution in [0.25, 0.3) is 5.70 Å². The van der Waals surface area contributed by atoms with Gasteiger partial charge in [0.15, 0.2) is 5.82 Å². The Hall–Kier alpha value is -3.03. The van der Waals surface area contributed by atoms with E-state index in [1.807, 2.05) is 60.8 Å². The molecule has 0 fully saturated rings. The van der Waals surface area contributed by atoms with Gasteiger partial charge in [0.2, 0.25) is 0 Å². The number of nitrogens with zero attached hydrogens (tertiary/aromatic N) is 2. The molecular weight excluding hydrogens is 320 g/mol. The molecule has 0 bridgehead atoms. The molecule has 4 rings (SSSR count). The lowest BCUT2D eigenvalue weighted by Gasteiger charge is -2.26. The number of hydrogen-bond donors (Lipinski definition) is 2. The molecule has 1 aliphatic heterocycles. The number of hydrogen-bond acceptors (Lipinski definition) is 3. The third kappa shape index (κ3) is 2.27. The van der Waals surface area contributed by atoms with Gasteiger partial charge in [0.25, 0.3) is 0 Å². The van der Waals surface area contributed by atoms with Gasteiger partial charge in [-0.25, -0.2) is 0 Å². The molecule has 2 aromatic carbocycles. The number of rotatable bonds is 2. The van der Waals surface area contributed by atoms with Crippen LogP contribution in [0, 0.1) is 11.3 Å². The van der Waals surface area contributed by atoms with E-state index in [4.69, 9.17) is 11.6 Å². The lowest BCUT2D eigenvalue weighted by Crippen LogP contribution is -2.17. The minimum absolute atomic E-state index is 0.256. The lowest BCUT2D eigenvalue weighted by atomic mass is 9.82. The topological polar surface area (TPSA) is 64.5 Å². The summed E-state index contributed by atoms with van der Waals surface area (Å²) < 4.78 is 0. The van der Waals surface area contributed by atoms with Crippen molar-refractivity contribution in [2.24, 2.45) is 0 Å². The highest BCUT2D eigenvalue weighted by Crippen LogP contribution is 2.44. The van der Waals surface area contributed by atoms with Crippen LogP contribution < -0.4 is 5.32 Å². The summed E-state index contributed by atoms with van der Waals surface area (Å²) >= 11 is 6.42. The number of fused-ring (bicyclic) bond motifs is 1. The predicted molar refractivity (Wildman–Crippen MR) is 94.5 cm³/mol. The minimum atomic E-state index is -0.256. The molecule has 3 aromatic rings. The third-order valence-corrected chi connectivity index (χ3v) is 4.53. The average Bonchev–Trinajstić information content (AvgIpc) is 3.10. The minimum Gasteiger partial charge on any atom is -0.337 e. The molecule has 0 spiro atoms. The standard InChI is InChI=1S/C19H13ClN4/c20-16-9-5-4-8-13(16)17-14(10-21)18(12-6-2-1-3-7-12)23-19-15(17)11-22-24-19/h1-9,11,17H,(H2,22,23,24). The van der Waals surface area contributed by atoms with Gasteiger partial charge < -0.3 is 5.32 Å². The Morgan fingerprint density at radius 1 is 1.00 bits per heavy atom. The van der Waals surface area contributed by atoms with Crippen molar-refractivity contribution in [3.63, 3.8) is 0 Å². The van der Waals surface area contributed by atoms with E-state index in [9.17, 15) is 5.26 Å². The van der Waals surface area contributed by atoms with E-state index in [2.05, 4.69) is 21.6 Å². The van der Waals surface area contributed by atoms with Crippen molar-refractivity contribution in [3.8, 4) is 6.07 Å². The van der Waals surface area contributed by atoms with Gasteiger partial charge in [-0.15, -0.1) is 0 Å². The molecule has 2 heterocycles. The first-order valence-electron chi connectivity index (χ1n) is 7.54. The molecule has 1 aliphatic rings. The second-order valence-corrected chi connectivity index (χ2v) is 5.94. The third-order valence-electron chi connectivity index (χ3n) is 4.18. The molecule has 0 amide bonds. The van der Waals surface area contributed by atoms with Crippen molar-refractivity contribution in [2.75, 3.05) is 5.32 Å². The molecule has 2 N–H and O–H groups in total. The van der Waals surface area contributed by atoms with Gasteiger partial charge >= 0.3 is 0 Å². The van der Waals surface area contributed by atoms with Crippen LogP contribution in [0.15, 0.2) is 66.4 Å². The fraction of sp³-hybridized carbons (Fsp3) is 0.0526. The monoisotopic (exact) mass is 332 g/mol. The number of nitrogens with one attached hydrogen (secondary N) is 2. The molecule has 1 aromatic heterocycles. The second-order valence-electron chi connectivity index (χ2n) is 5.54. The van der Waals surface area contributed by atoms with Crippen molar-refractivity contribution in [3.05, 3.63) is 88.1 Å². The molecule has 24 heavy (non-hydrogen) atoms. The second kappa shape index (κ2) is 5.88. The molecular formula is C19H13ClN4. The summed E-state index contributed by atoms with van der Waals surface area (Å²) in [5, 5.41) is 21.0. The number of nitriles is 1. The summed E-state index contributed by atoms with van der Waals surface area (Å²) in [7, 11) is 0. The van der Waals surface area contributed by atoms with Crippen molar-refractivity contribution < 1.29 is 0 Å². The van der Waals surface area contributed by atoms with Crippen molar-refractivity contribution in [1.82, 2.24) is 10.2 Å². The number of halogens is 1. The number of H-pyrrole nitrogens is 1. The van der Waals surface area contributed by atoms with Crippen LogP contribution in [0.1, 0.15) is 22.6 Å². The smallest absolute Gasteiger partial charge is 0.156 e. The first-order chi connectivity index (χ1) is 11.8. The molecule has 1 unspecified atom stereocenters. The van der Waals surface area contributed by atoms with Crippen LogP contribution in [0.4, 0.5) is 5.82 Å². The Morgan fingerprint density at radius 2 is 1.75 bits per heavy atom. The van der Waals surface area contributed by atoms with Gasteiger partial charge in [-0.2, -0.15) is 10.4 Å². The highest BCUT2D eigenvalue weighted by Gasteiger charge is 2.32. The maximum Gasteiger partial charge on any atom is 0.156 e. The number of benzene rings is 2. The summed E-state index contributed by atoms with van der Waals surface area (Å²) in [5.41, 5.74) is 4.15. The van der Waals surface area contributed by atoms with E-state index in [-0.39, 0.29) is 5.92 Å². The Balaban J connectivity index is 1.98. The van der Waals surface area contributed by atoms with E-state index < -0.39 is 0 Å². The highest BCUT2D eigenvalue weighted by molar-refractivity contribution is 6.31. The van der Waals surface area contributed by atoms with Crippen molar-refractivity contribution in [2.45, 2.75) is 5.92 Å². The van der Waals surface area contributed by atoms with Crippen LogP contribution in [0.5, 0.6) is 0 Å². The fourth-order valence-corrected chi connectivity index (χ4v) is 3.34. The first-order valence-corrected chi connectivity index (χ1v) is 7.92. The number of aromatic amines is 1. The highest BCUT2D eigenvalue weighted by atomic mass is 35.5. The van der Waals surface area contributed by atoms with Crippen LogP contribution in [0.3, 0.4) is 0 Å². The number of anilines is 1. The SMILES string of the molecule is N#CC1=C(c2ccccc2)Nc2n[nH]cc2C1c1ccccc1Cl. The van der Waals surface area contributed by atoms with E-state index in [0.29, 0.717) is 10.6 Å². The summed E-state index contributed by atoms with van der Waals surface area (Å²) in [5.74, 6) is 0.465. The Labute approximate surface area is 144 Å². The zero-order valence-corrected chi connectivity index (χ0v) is 13.4. The van der Waals surface area contributed by atoms with Crippen molar-refractivity contribution in [1.29, 1.82) is 5.26 Å². The average molecular weight is 333 g/mol. The number of aromatic nitrogens is 2. The van der Waals surface area contributed by atoms with Crippen LogP contribution >= 0.6 is 11.6 Å². The Kier molecular flexibility index (Phi) is 3.56. The van der Waals surface area contributed by atoms with Crippen LogP contribution in [0.2, 0.25) is 5.02 Å². The molecule has 0 saturated heterocycles. The molecule has 0 radical (unpaired) electrons. The zero-order valence-electron chi connectivity index (χ0n) is 12.6. The number of allylic oxidation sites excluding steroid dienone is 1. The van der Waals surface area contributed by atoms with Gasteiger partial charge in [0.1, 0.15) is 0 Å². The molecule has 4 nitrogen and oxygen atoms in total. The lowest BCUT2D eigenvalue weighted by molar-refractivity contribution is 0.971. The molecule has 5 heteroatoms. The van der Waals surface area contributed by atoms with Crippen LogP contribution in [-0.4, -0.2) is 10.2 Å². The van der Waals surface area contributed by atoms with Gasteiger partial charge in [-0.05, 0) is 17.2 Å². The van der Waals surface area contributed by atoms with Gasteiger partial charge in [-0.1, -0.05) is 60.1 Å². The van der Waals surface area contributed by atoms with Gasteiger partial charge in [-0.3, -0.25) is 5.10 Å². The molecule has 116 valence electrons. The van der Waals surface area contributed by atoms with E-state index >= 15 is 0 Å². The van der Waals surface area contributed by atoms with E-state index in [1.54, 1.807) is 0 Å². The van der Waals surface area contributed by atoms with Gasteiger partial charge in [0.05, 0.1) is 23.3 Å². The Bertz CT molecular complexity index is 966. The Morgan fingerprint density at radius 3 is 2.50 bits per heavy atom. The van der Waals surface area contributed by atoms with Crippen molar-refractivity contribution >= 4 is 23.1 Å². The van der Waals surface area contributed by atoms with Crippen LogP contribution in [-0.2, 0) is 0 Å². The summed E-state index contributed by atoms with van der Waals surface area (Å²) in [6, 6.07) is 19.8. The molecule has 0 aliphatic carbocycles. The van der Waals surface area contributed by atoms with E-state index in [1.165, 1.54) is 0 Å².